The second-order valence-corrected chi connectivity index (χ2v) is 13.7. The SMILES string of the molecule is [2H]C([2H])([2H])c1cnc(-c2cccc3c2O[Si](C)(C)c2c-3ccc3ccccc23)cc1C([2H])([2H])C(C)(C)C. The van der Waals surface area contributed by atoms with Gasteiger partial charge in [-0.1, -0.05) is 69.3 Å². The first-order valence-corrected chi connectivity index (χ1v) is 13.9. The van der Waals surface area contributed by atoms with Crippen molar-refractivity contribution in [3.05, 3.63) is 78.0 Å². The summed E-state index contributed by atoms with van der Waals surface area (Å²) in [6.07, 6.45) is -0.586. The number of pyridine rings is 1. The van der Waals surface area contributed by atoms with Gasteiger partial charge in [0.25, 0.3) is 8.32 Å². The van der Waals surface area contributed by atoms with E-state index >= 15 is 0 Å². The molecule has 0 radical (unpaired) electrons. The van der Waals surface area contributed by atoms with Gasteiger partial charge in [-0.15, -0.1) is 0 Å². The second kappa shape index (κ2) is 7.31. The number of para-hydroxylation sites is 1. The van der Waals surface area contributed by atoms with E-state index in [1.54, 1.807) is 26.8 Å². The Morgan fingerprint density at radius 3 is 2.53 bits per heavy atom. The molecule has 0 saturated carbocycles. The molecule has 0 saturated heterocycles. The van der Waals surface area contributed by atoms with Gasteiger partial charge in [0.1, 0.15) is 5.75 Å². The lowest BCUT2D eigenvalue weighted by Crippen LogP contribution is -2.51. The maximum atomic E-state index is 8.89. The van der Waals surface area contributed by atoms with Crippen LogP contribution in [0.2, 0.25) is 13.1 Å². The molecule has 0 amide bonds. The molecule has 0 atom stereocenters. The molecule has 32 heavy (non-hydrogen) atoms. The number of hydrogen-bond donors (Lipinski definition) is 0. The molecule has 2 nitrogen and oxygen atoms in total. The van der Waals surface area contributed by atoms with Gasteiger partial charge in [-0.3, -0.25) is 4.98 Å². The van der Waals surface area contributed by atoms with Crippen molar-refractivity contribution in [1.29, 1.82) is 0 Å². The zero-order valence-corrected chi connectivity index (χ0v) is 20.2. The molecule has 1 aliphatic rings. The van der Waals surface area contributed by atoms with Gasteiger partial charge < -0.3 is 4.43 Å². The summed E-state index contributed by atoms with van der Waals surface area (Å²) in [4.78, 5) is 4.54. The van der Waals surface area contributed by atoms with Gasteiger partial charge in [0.2, 0.25) is 0 Å². The van der Waals surface area contributed by atoms with E-state index in [-0.39, 0.29) is 11.1 Å². The summed E-state index contributed by atoms with van der Waals surface area (Å²) in [6, 6.07) is 20.2. The molecule has 1 aromatic heterocycles. The molecule has 3 heteroatoms. The summed E-state index contributed by atoms with van der Waals surface area (Å²) in [6.45, 7) is 7.22. The molecule has 0 aliphatic carbocycles. The first kappa shape index (κ1) is 15.8. The number of aryl methyl sites for hydroxylation is 1. The van der Waals surface area contributed by atoms with Crippen LogP contribution in [-0.2, 0) is 6.37 Å². The molecule has 2 heterocycles. The van der Waals surface area contributed by atoms with Crippen LogP contribution >= 0.6 is 0 Å². The van der Waals surface area contributed by atoms with Crippen LogP contribution in [0, 0.1) is 12.3 Å². The van der Waals surface area contributed by atoms with Crippen molar-refractivity contribution >= 4 is 24.3 Å². The van der Waals surface area contributed by atoms with Gasteiger partial charge in [0.05, 0.1) is 5.69 Å². The summed E-state index contributed by atoms with van der Waals surface area (Å²) in [7, 11) is -2.40. The molecule has 3 aromatic carbocycles. The van der Waals surface area contributed by atoms with E-state index in [9.17, 15) is 0 Å². The maximum absolute atomic E-state index is 8.89. The third kappa shape index (κ3) is 3.55. The predicted octanol–water partition coefficient (Wildman–Crippen LogP) is 7.27. The van der Waals surface area contributed by atoms with E-state index < -0.39 is 27.0 Å². The maximum Gasteiger partial charge on any atom is 0.278 e. The third-order valence-corrected chi connectivity index (χ3v) is 8.34. The van der Waals surface area contributed by atoms with Crippen LogP contribution in [0.25, 0.3) is 33.2 Å². The van der Waals surface area contributed by atoms with Crippen molar-refractivity contribution in [3.63, 3.8) is 0 Å². The molecular weight excluding hydrogens is 406 g/mol. The Bertz CT molecular complexity index is 1540. The van der Waals surface area contributed by atoms with Crippen LogP contribution in [0.1, 0.15) is 38.8 Å². The van der Waals surface area contributed by atoms with E-state index in [1.807, 2.05) is 24.3 Å². The standard InChI is InChI=1S/C29H31NOSi/c1-19-18-30-26(16-21(19)17-29(2,3)4)25-13-9-12-23-24-15-14-20-10-7-8-11-22(20)28(24)32(5,6)31-27(23)25/h7-16,18H,17H2,1-6H3/i1D3,17D2. The zero-order chi connectivity index (χ0) is 27.0. The summed E-state index contributed by atoms with van der Waals surface area (Å²) in [5, 5.41) is 3.64. The highest BCUT2D eigenvalue weighted by Crippen LogP contribution is 2.44. The highest BCUT2D eigenvalue weighted by molar-refractivity contribution is 6.88. The van der Waals surface area contributed by atoms with Crippen molar-refractivity contribution in [2.24, 2.45) is 5.41 Å². The molecule has 0 bridgehead atoms. The summed E-state index contributed by atoms with van der Waals surface area (Å²) < 4.78 is 48.7. The van der Waals surface area contributed by atoms with E-state index in [0.29, 0.717) is 5.69 Å². The van der Waals surface area contributed by atoms with Crippen LogP contribution in [0.4, 0.5) is 0 Å². The van der Waals surface area contributed by atoms with Crippen molar-refractivity contribution < 1.29 is 11.3 Å². The number of fused-ring (bicyclic) bond motifs is 5. The van der Waals surface area contributed by atoms with Crippen molar-refractivity contribution in [3.8, 4) is 28.1 Å². The van der Waals surface area contributed by atoms with Gasteiger partial charge in [0.15, 0.2) is 0 Å². The van der Waals surface area contributed by atoms with Gasteiger partial charge >= 0.3 is 0 Å². The normalized spacial score (nSPS) is 17.7. The van der Waals surface area contributed by atoms with Crippen LogP contribution in [-0.4, -0.2) is 13.3 Å². The second-order valence-electron chi connectivity index (χ2n) is 9.99. The number of nitrogens with zero attached hydrogens (tertiary/aromatic N) is 1. The lowest BCUT2D eigenvalue weighted by atomic mass is 9.86. The molecule has 1 aliphatic heterocycles. The third-order valence-electron chi connectivity index (χ3n) is 5.88. The lowest BCUT2D eigenvalue weighted by Gasteiger charge is -2.35. The predicted molar refractivity (Wildman–Crippen MR) is 138 cm³/mol. The molecule has 162 valence electrons. The van der Waals surface area contributed by atoms with Crippen molar-refractivity contribution in [2.45, 2.75) is 47.1 Å². The van der Waals surface area contributed by atoms with Crippen LogP contribution in [0.15, 0.2) is 66.9 Å². The number of hydrogen-bond acceptors (Lipinski definition) is 2. The van der Waals surface area contributed by atoms with Gasteiger partial charge in [0, 0.05) is 24.2 Å². The lowest BCUT2D eigenvalue weighted by molar-refractivity contribution is 0.410. The first-order chi connectivity index (χ1) is 17.1. The summed E-state index contributed by atoms with van der Waals surface area (Å²) >= 11 is 0. The fourth-order valence-electron chi connectivity index (χ4n) is 4.62. The largest absolute Gasteiger partial charge is 0.539 e. The Kier molecular flexibility index (Phi) is 3.61. The molecular formula is C29H31NOSi. The Morgan fingerprint density at radius 2 is 1.75 bits per heavy atom. The Hall–Kier alpha value is -2.91. The fourth-order valence-corrected chi connectivity index (χ4v) is 7.20. The van der Waals surface area contributed by atoms with Gasteiger partial charge in [-0.05, 0) is 76.5 Å². The number of benzene rings is 3. The van der Waals surface area contributed by atoms with E-state index in [1.165, 1.54) is 22.2 Å². The molecule has 4 aromatic rings. The van der Waals surface area contributed by atoms with Crippen LogP contribution in [0.3, 0.4) is 0 Å². The van der Waals surface area contributed by atoms with Gasteiger partial charge in [-0.25, -0.2) is 0 Å². The minimum atomic E-state index is -2.49. The van der Waals surface area contributed by atoms with E-state index in [2.05, 4.69) is 48.4 Å². The van der Waals surface area contributed by atoms with Crippen LogP contribution < -0.4 is 9.61 Å². The van der Waals surface area contributed by atoms with E-state index in [4.69, 9.17) is 11.3 Å². The minimum Gasteiger partial charge on any atom is -0.539 e. The molecule has 0 N–H and O–H groups in total. The molecule has 0 spiro atoms. The summed E-state index contributed by atoms with van der Waals surface area (Å²) in [5.41, 5.74) is 2.60. The Balaban J connectivity index is 1.77. The topological polar surface area (TPSA) is 22.1 Å². The van der Waals surface area contributed by atoms with Crippen molar-refractivity contribution in [2.75, 3.05) is 0 Å². The monoisotopic (exact) mass is 442 g/mol. The fraction of sp³-hybridized carbons (Fsp3) is 0.276. The minimum absolute atomic E-state index is 0.0617. The Labute approximate surface area is 199 Å². The highest BCUT2D eigenvalue weighted by atomic mass is 28.4. The van der Waals surface area contributed by atoms with E-state index in [0.717, 1.165) is 22.4 Å². The van der Waals surface area contributed by atoms with Crippen molar-refractivity contribution in [1.82, 2.24) is 4.98 Å². The Morgan fingerprint density at radius 1 is 0.969 bits per heavy atom. The first-order valence-electron chi connectivity index (χ1n) is 13.5. The van der Waals surface area contributed by atoms with Crippen LogP contribution in [0.5, 0.6) is 5.75 Å². The number of rotatable bonds is 2. The van der Waals surface area contributed by atoms with Gasteiger partial charge in [-0.2, -0.15) is 0 Å². The number of aromatic nitrogens is 1. The smallest absolute Gasteiger partial charge is 0.278 e. The molecule has 5 rings (SSSR count). The molecule has 0 fully saturated rings. The average molecular weight is 443 g/mol. The highest BCUT2D eigenvalue weighted by Gasteiger charge is 2.38. The molecule has 0 unspecified atom stereocenters. The average Bonchev–Trinajstić information content (AvgIpc) is 2.81. The zero-order valence-electron chi connectivity index (χ0n) is 24.2. The summed E-state index contributed by atoms with van der Waals surface area (Å²) in [5.74, 6) is 0.721. The quantitative estimate of drug-likeness (QED) is 0.305.